The SMILES string of the molecule is COC(=O)N[C@H](C(=O)N1CCC[C@H]1c1ncc(-c2ccc(-c3ccc(-c4cnc([C@@H]5CCCN5C(=O)[C@@H](NC(=O)OC)C(C)C)[nH]4)c4ccccc34)cc2)[nH]1)C(C)C.O=C(Cc1ccccc1)N1CCC[C@H]1c1ncc(-c2ccc(-c3ccc(-c4cnc([C@@H]5CCCN5C(=O)Cc5ccccc5)[nH]4)c4ccccc34)cc2)[nH]1. The first-order valence-corrected chi connectivity index (χ1v) is 39.0. The second-order valence-electron chi connectivity index (χ2n) is 30.2. The minimum atomic E-state index is -0.702. The van der Waals surface area contributed by atoms with Crippen molar-refractivity contribution >= 4 is 57.4 Å². The summed E-state index contributed by atoms with van der Waals surface area (Å²) < 4.78 is 9.56. The Morgan fingerprint density at radius 3 is 0.991 bits per heavy atom. The van der Waals surface area contributed by atoms with Gasteiger partial charge in [0.25, 0.3) is 0 Å². The van der Waals surface area contributed by atoms with E-state index >= 15 is 0 Å². The predicted octanol–water partition coefficient (Wildman–Crippen LogP) is 16.5. The average Bonchev–Trinajstić information content (AvgIpc) is 1.45. The Bertz CT molecular complexity index is 5360. The number of rotatable bonds is 20. The molecule has 12 aromatic rings. The standard InChI is InChI=1S/C46H42N6O2.C44H52N8O6/c53-43(27-31-11-3-1-4-12-31)51-25-9-17-41(51)45-47-29-39(49-45)34-21-19-33(20-22-34)35-23-24-38(37-16-8-7-15-36(35)37)40-30-48-46(50-40)42-18-10-26-52(42)44(54)28-32-13-5-2-6-14-32;1-25(2)37(49-43(55)57-5)41(53)51-21-9-13-35(51)39-45-23-33(47-39)28-17-15-27(16-18-28)29-19-20-32(31-12-8-7-11-30(29)31)34-24-46-40(48-34)36-14-10-22-52(36)42(54)38(26(3)4)50-44(56)58-6/h1-8,11-16,19-24,29-30,41-42H,9-10,17-18,25-28H2,(H,47,49)(H,48,50);7-8,11-12,15-20,23-26,35-38H,9-10,13-14,21-22H2,1-6H3,(H,45,47)(H,46,48)(H,49,55)(H,50,56)/t41-,42-;35-,36-,37-,38-/m00/s1. The second-order valence-corrected chi connectivity index (χ2v) is 30.2. The number of amides is 6. The molecule has 8 aromatic carbocycles. The van der Waals surface area contributed by atoms with Gasteiger partial charge in [-0.3, -0.25) is 19.2 Å². The van der Waals surface area contributed by atoms with Gasteiger partial charge < -0.3 is 59.6 Å². The molecular weight excluding hydrogens is 1410 g/mol. The van der Waals surface area contributed by atoms with Gasteiger partial charge in [0.15, 0.2) is 0 Å². The van der Waals surface area contributed by atoms with E-state index in [-0.39, 0.29) is 59.6 Å². The van der Waals surface area contributed by atoms with Crippen LogP contribution in [0.5, 0.6) is 0 Å². The van der Waals surface area contributed by atoms with Gasteiger partial charge in [-0.2, -0.15) is 0 Å². The minimum Gasteiger partial charge on any atom is -0.453 e. The number of H-pyrrole nitrogens is 4. The Labute approximate surface area is 651 Å². The molecule has 6 atom stereocenters. The van der Waals surface area contributed by atoms with Crippen molar-refractivity contribution in [1.29, 1.82) is 0 Å². The van der Waals surface area contributed by atoms with E-state index in [4.69, 9.17) is 29.4 Å². The number of fused-ring (bicyclic) bond motifs is 2. The number of methoxy groups -OCH3 is 2. The van der Waals surface area contributed by atoms with Crippen molar-refractivity contribution in [2.45, 2.75) is 128 Å². The number of nitrogens with one attached hydrogen (secondary N) is 6. The highest BCUT2D eigenvalue weighted by molar-refractivity contribution is 6.06. The second kappa shape index (κ2) is 33.4. The summed E-state index contributed by atoms with van der Waals surface area (Å²) in [5.41, 5.74) is 14.2. The fourth-order valence-corrected chi connectivity index (χ4v) is 16.6. The molecule has 0 unspecified atom stereocenters. The maximum absolute atomic E-state index is 13.7. The van der Waals surface area contributed by atoms with Crippen LogP contribution in [-0.4, -0.2) is 148 Å². The van der Waals surface area contributed by atoms with Crippen LogP contribution in [0.4, 0.5) is 9.59 Å². The van der Waals surface area contributed by atoms with Crippen LogP contribution >= 0.6 is 0 Å². The Morgan fingerprint density at radius 2 is 0.652 bits per heavy atom. The van der Waals surface area contributed by atoms with Crippen molar-refractivity contribution in [2.24, 2.45) is 11.8 Å². The lowest BCUT2D eigenvalue weighted by Gasteiger charge is -2.30. The molecule has 16 rings (SSSR count). The Morgan fingerprint density at radius 1 is 0.366 bits per heavy atom. The Kier molecular flexibility index (Phi) is 22.4. The molecule has 22 nitrogen and oxygen atoms in total. The summed E-state index contributed by atoms with van der Waals surface area (Å²) >= 11 is 0. The van der Waals surface area contributed by atoms with Gasteiger partial charge in [-0.05, 0) is 129 Å². The average molecular weight is 1500 g/mol. The molecule has 0 bridgehead atoms. The normalized spacial score (nSPS) is 17.4. The largest absolute Gasteiger partial charge is 0.453 e. The molecule has 4 saturated heterocycles. The summed E-state index contributed by atoms with van der Waals surface area (Å²) in [5, 5.41) is 9.86. The zero-order valence-corrected chi connectivity index (χ0v) is 64.0. The molecule has 4 fully saturated rings. The lowest BCUT2D eigenvalue weighted by atomic mass is 9.93. The molecule has 0 saturated carbocycles. The number of benzene rings is 8. The van der Waals surface area contributed by atoms with E-state index in [1.54, 1.807) is 0 Å². The van der Waals surface area contributed by atoms with Crippen molar-refractivity contribution in [3.8, 4) is 67.3 Å². The van der Waals surface area contributed by atoms with Crippen LogP contribution in [0.3, 0.4) is 0 Å². The van der Waals surface area contributed by atoms with Crippen LogP contribution < -0.4 is 10.6 Å². The highest BCUT2D eigenvalue weighted by Gasteiger charge is 2.40. The molecule has 4 aliphatic heterocycles. The van der Waals surface area contributed by atoms with Gasteiger partial charge in [0.05, 0.1) is 98.8 Å². The molecule has 572 valence electrons. The molecular formula is C90H94N14O8. The third-order valence-corrected chi connectivity index (χ3v) is 22.5. The van der Waals surface area contributed by atoms with Gasteiger partial charge in [0.2, 0.25) is 23.6 Å². The third kappa shape index (κ3) is 15.8. The van der Waals surface area contributed by atoms with E-state index in [2.05, 4.69) is 140 Å². The van der Waals surface area contributed by atoms with Crippen LogP contribution in [0.15, 0.2) is 207 Å². The van der Waals surface area contributed by atoms with Crippen molar-refractivity contribution in [2.75, 3.05) is 40.4 Å². The quantitative estimate of drug-likeness (QED) is 0.0416. The Balaban J connectivity index is 0.000000178. The smallest absolute Gasteiger partial charge is 0.407 e. The first-order valence-electron chi connectivity index (χ1n) is 39.0. The van der Waals surface area contributed by atoms with Crippen LogP contribution in [0.1, 0.15) is 138 Å². The van der Waals surface area contributed by atoms with Crippen LogP contribution in [0.2, 0.25) is 0 Å². The highest BCUT2D eigenvalue weighted by atomic mass is 16.5. The van der Waals surface area contributed by atoms with Gasteiger partial charge in [-0.15, -0.1) is 0 Å². The van der Waals surface area contributed by atoms with Gasteiger partial charge >= 0.3 is 12.2 Å². The zero-order valence-electron chi connectivity index (χ0n) is 64.0. The number of hydrogen-bond donors (Lipinski definition) is 6. The van der Waals surface area contributed by atoms with Gasteiger partial charge in [0, 0.05) is 37.3 Å². The molecule has 0 radical (unpaired) electrons. The summed E-state index contributed by atoms with van der Waals surface area (Å²) in [6.45, 7) is 10.3. The number of hydrogen-bond acceptors (Lipinski definition) is 12. The molecule has 8 heterocycles. The van der Waals surface area contributed by atoms with E-state index in [1.807, 2.05) is 145 Å². The molecule has 22 heteroatoms. The summed E-state index contributed by atoms with van der Waals surface area (Å²) in [7, 11) is 2.58. The number of carbonyl (C=O) groups is 6. The Hall–Kier alpha value is -12.5. The number of ether oxygens (including phenoxy) is 2. The lowest BCUT2D eigenvalue weighted by Crippen LogP contribution is -2.51. The van der Waals surface area contributed by atoms with Crippen LogP contribution in [0.25, 0.3) is 88.8 Å². The number of alkyl carbamates (subject to hydrolysis) is 2. The van der Waals surface area contributed by atoms with E-state index in [9.17, 15) is 28.8 Å². The molecule has 4 aliphatic rings. The van der Waals surface area contributed by atoms with Crippen molar-refractivity contribution in [1.82, 2.24) is 70.1 Å². The number of nitrogens with zero attached hydrogens (tertiary/aromatic N) is 8. The van der Waals surface area contributed by atoms with E-state index in [0.29, 0.717) is 25.9 Å². The van der Waals surface area contributed by atoms with Crippen molar-refractivity contribution in [3.63, 3.8) is 0 Å². The van der Waals surface area contributed by atoms with Gasteiger partial charge in [-0.1, -0.05) is 210 Å². The zero-order chi connectivity index (χ0) is 77.5. The molecule has 112 heavy (non-hydrogen) atoms. The summed E-state index contributed by atoms with van der Waals surface area (Å²) in [6, 6.07) is 60.3. The van der Waals surface area contributed by atoms with E-state index in [0.717, 1.165) is 188 Å². The van der Waals surface area contributed by atoms with Gasteiger partial charge in [0.1, 0.15) is 35.4 Å². The monoisotopic (exact) mass is 1500 g/mol. The van der Waals surface area contributed by atoms with Gasteiger partial charge in [-0.25, -0.2) is 29.5 Å². The van der Waals surface area contributed by atoms with Crippen molar-refractivity contribution < 1.29 is 38.2 Å². The van der Waals surface area contributed by atoms with E-state index in [1.165, 1.54) is 14.2 Å². The number of imidazole rings is 4. The predicted molar refractivity (Wildman–Crippen MR) is 432 cm³/mol. The summed E-state index contributed by atoms with van der Waals surface area (Å²) in [5.74, 6) is 2.89. The molecule has 0 spiro atoms. The number of carbonyl (C=O) groups excluding carboxylic acids is 6. The summed E-state index contributed by atoms with van der Waals surface area (Å²) in [6.07, 6.45) is 14.0. The first kappa shape index (κ1) is 75.0. The molecule has 6 amide bonds. The number of likely N-dealkylation sites (tertiary alicyclic amines) is 4. The fourth-order valence-electron chi connectivity index (χ4n) is 16.6. The highest BCUT2D eigenvalue weighted by Crippen LogP contribution is 2.42. The minimum absolute atomic E-state index is 0.0377. The van der Waals surface area contributed by atoms with Crippen LogP contribution in [-0.2, 0) is 41.5 Å². The third-order valence-electron chi connectivity index (χ3n) is 22.5. The maximum atomic E-state index is 13.7. The molecule has 4 aromatic heterocycles. The van der Waals surface area contributed by atoms with Crippen LogP contribution in [0, 0.1) is 11.8 Å². The number of aromatic nitrogens is 8. The fraction of sp³-hybridized carbons (Fsp3) is 0.311. The first-order chi connectivity index (χ1) is 54.6. The molecule has 6 N–H and O–H groups in total. The topological polar surface area (TPSA) is 273 Å². The van der Waals surface area contributed by atoms with E-state index < -0.39 is 24.3 Å². The summed E-state index contributed by atoms with van der Waals surface area (Å²) in [4.78, 5) is 119. The number of aromatic amines is 4. The maximum Gasteiger partial charge on any atom is 0.407 e. The molecule has 0 aliphatic carbocycles. The lowest BCUT2D eigenvalue weighted by molar-refractivity contribution is -0.136. The van der Waals surface area contributed by atoms with Crippen molar-refractivity contribution in [3.05, 3.63) is 241 Å².